The Morgan fingerprint density at radius 3 is 2.42 bits per heavy atom. The molecule has 4 aliphatic heterocycles. The molecule has 45 heavy (non-hydrogen) atoms. The predicted octanol–water partition coefficient (Wildman–Crippen LogP) is 2.65. The van der Waals surface area contributed by atoms with E-state index in [1.54, 1.807) is 0 Å². The first-order valence-electron chi connectivity index (χ1n) is 15.9. The third-order valence-electron chi connectivity index (χ3n) is 9.66. The van der Waals surface area contributed by atoms with Gasteiger partial charge in [0.25, 0.3) is 0 Å². The van der Waals surface area contributed by atoms with E-state index in [1.165, 1.54) is 5.56 Å². The molecule has 1 unspecified atom stereocenters. The summed E-state index contributed by atoms with van der Waals surface area (Å²) < 4.78 is 26.7. The molecule has 3 aromatic rings. The maximum absolute atomic E-state index is 13.3. The monoisotopic (exact) mass is 629 g/mol. The number of anilines is 3. The Balaban J connectivity index is 0.869. The lowest BCUT2D eigenvalue weighted by Gasteiger charge is -2.48. The van der Waals surface area contributed by atoms with Crippen LogP contribution in [0.2, 0.25) is 0 Å². The second kappa shape index (κ2) is 12.5. The lowest BCUT2D eigenvalue weighted by atomic mass is 9.90. The van der Waals surface area contributed by atoms with E-state index in [0.717, 1.165) is 73.9 Å². The molecule has 3 N–H and O–H groups in total. The molecular formula is C33H39N7O4S. The number of carbonyl (C=O) groups is 2. The summed E-state index contributed by atoms with van der Waals surface area (Å²) in [6.07, 6.45) is 5.05. The van der Waals surface area contributed by atoms with Gasteiger partial charge in [-0.25, -0.2) is 18.4 Å². The van der Waals surface area contributed by atoms with Crippen molar-refractivity contribution in [2.45, 2.75) is 61.6 Å². The van der Waals surface area contributed by atoms with E-state index in [2.05, 4.69) is 47.9 Å². The number of nitrogens with one attached hydrogen (secondary N) is 3. The number of aromatic nitrogens is 2. The average Bonchev–Trinajstić information content (AvgIpc) is 3.02. The summed E-state index contributed by atoms with van der Waals surface area (Å²) in [5, 5.41) is 8.67. The highest BCUT2D eigenvalue weighted by atomic mass is 32.2. The molecule has 12 heteroatoms. The normalized spacial score (nSPS) is 21.6. The minimum Gasteiger partial charge on any atom is -0.368 e. The van der Waals surface area contributed by atoms with Gasteiger partial charge in [0.2, 0.25) is 17.8 Å². The second-order valence-electron chi connectivity index (χ2n) is 12.6. The fourth-order valence-corrected chi connectivity index (χ4v) is 8.71. The molecule has 1 aromatic heterocycles. The number of rotatable bonds is 8. The van der Waals surface area contributed by atoms with Crippen molar-refractivity contribution in [3.63, 3.8) is 0 Å². The zero-order valence-corrected chi connectivity index (χ0v) is 26.1. The number of nitrogens with zero attached hydrogens (tertiary/aromatic N) is 4. The average molecular weight is 630 g/mol. The molecule has 11 nitrogen and oxygen atoms in total. The molecule has 0 saturated carbocycles. The molecule has 3 fully saturated rings. The van der Waals surface area contributed by atoms with Gasteiger partial charge in [-0.1, -0.05) is 24.3 Å². The van der Waals surface area contributed by atoms with E-state index in [1.807, 2.05) is 42.6 Å². The maximum atomic E-state index is 13.3. The molecular weight excluding hydrogens is 590 g/mol. The van der Waals surface area contributed by atoms with Crippen LogP contribution in [0.4, 0.5) is 17.3 Å². The van der Waals surface area contributed by atoms with Gasteiger partial charge >= 0.3 is 0 Å². The topological polar surface area (TPSA) is 137 Å². The number of carbonyl (C=O) groups excluding carboxylic acids is 2. The third kappa shape index (κ3) is 6.58. The fourth-order valence-electron chi connectivity index (χ4n) is 6.88. The number of hydrogen-bond donors (Lipinski definition) is 3. The van der Waals surface area contributed by atoms with Crippen LogP contribution in [0.3, 0.4) is 0 Å². The first-order valence-corrected chi connectivity index (χ1v) is 17.6. The van der Waals surface area contributed by atoms with E-state index >= 15 is 0 Å². The summed E-state index contributed by atoms with van der Waals surface area (Å²) in [5.41, 5.74) is 5.86. The van der Waals surface area contributed by atoms with Gasteiger partial charge in [0.1, 0.15) is 0 Å². The Hall–Kier alpha value is -3.87. The van der Waals surface area contributed by atoms with Gasteiger partial charge in [-0.2, -0.15) is 0 Å². The standard InChI is InChI=1S/C33H39N7O4S/c41-31-10-9-29(32(42)38-31)23-3-7-26(8-4-23)40-19-27(20-40)39-15-12-28(13-16-39)45(43,44)21-22-1-5-25(6-2-22)36-33-35-17-24-11-14-34-18-30(24)37-33/h1-8,17,27-29,34H,9-16,18-21H2,(H,35,36,37)(H,38,41,42). The van der Waals surface area contributed by atoms with Crippen LogP contribution in [0.5, 0.6) is 0 Å². The Labute approximate surface area is 263 Å². The second-order valence-corrected chi connectivity index (χ2v) is 14.9. The van der Waals surface area contributed by atoms with Crippen molar-refractivity contribution in [1.82, 2.24) is 25.5 Å². The van der Waals surface area contributed by atoms with Gasteiger partial charge in [0, 0.05) is 49.7 Å². The van der Waals surface area contributed by atoms with Crippen LogP contribution in [-0.4, -0.2) is 79.1 Å². The minimum absolute atomic E-state index is 0.0466. The first-order chi connectivity index (χ1) is 21.8. The number of piperidine rings is 2. The Kier molecular flexibility index (Phi) is 8.28. The van der Waals surface area contributed by atoms with E-state index in [-0.39, 0.29) is 28.7 Å². The summed E-state index contributed by atoms with van der Waals surface area (Å²) in [6, 6.07) is 16.0. The molecule has 0 aliphatic carbocycles. The van der Waals surface area contributed by atoms with Gasteiger partial charge in [-0.15, -0.1) is 0 Å². The lowest BCUT2D eigenvalue weighted by molar-refractivity contribution is -0.134. The van der Waals surface area contributed by atoms with Gasteiger partial charge in [0.05, 0.1) is 22.6 Å². The summed E-state index contributed by atoms with van der Waals surface area (Å²) in [5.74, 6) is -0.0935. The predicted molar refractivity (Wildman–Crippen MR) is 172 cm³/mol. The van der Waals surface area contributed by atoms with Crippen LogP contribution in [0.1, 0.15) is 54.0 Å². The highest BCUT2D eigenvalue weighted by Gasteiger charge is 2.37. The van der Waals surface area contributed by atoms with Crippen molar-refractivity contribution in [2.24, 2.45) is 0 Å². The highest BCUT2D eigenvalue weighted by Crippen LogP contribution is 2.31. The van der Waals surface area contributed by atoms with Crippen molar-refractivity contribution in [3.05, 3.63) is 77.1 Å². The molecule has 5 heterocycles. The van der Waals surface area contributed by atoms with Crippen LogP contribution >= 0.6 is 0 Å². The molecule has 2 amide bonds. The Morgan fingerprint density at radius 2 is 1.69 bits per heavy atom. The van der Waals surface area contributed by atoms with Gasteiger partial charge in [-0.3, -0.25) is 19.8 Å². The van der Waals surface area contributed by atoms with Gasteiger partial charge in [-0.05, 0) is 86.3 Å². The number of fused-ring (bicyclic) bond motifs is 1. The summed E-state index contributed by atoms with van der Waals surface area (Å²) in [7, 11) is -3.27. The number of imide groups is 1. The van der Waals surface area contributed by atoms with Crippen LogP contribution in [-0.2, 0) is 38.1 Å². The molecule has 7 rings (SSSR count). The lowest BCUT2D eigenvalue weighted by Crippen LogP contribution is -2.61. The quantitative estimate of drug-likeness (QED) is 0.319. The van der Waals surface area contributed by atoms with Gasteiger partial charge < -0.3 is 15.5 Å². The molecule has 1 atom stereocenters. The van der Waals surface area contributed by atoms with Crippen LogP contribution in [0.15, 0.2) is 54.7 Å². The highest BCUT2D eigenvalue weighted by molar-refractivity contribution is 7.91. The number of amides is 2. The zero-order chi connectivity index (χ0) is 31.0. The SMILES string of the molecule is O=C1CCC(c2ccc(N3CC(N4CCC(S(=O)(=O)Cc5ccc(Nc6ncc7c(n6)CNCC7)cc5)CC4)C3)cc2)C(=O)N1. The van der Waals surface area contributed by atoms with Gasteiger partial charge in [0.15, 0.2) is 9.84 Å². The van der Waals surface area contributed by atoms with Crippen molar-refractivity contribution >= 4 is 39.0 Å². The fraction of sp³-hybridized carbons (Fsp3) is 0.455. The molecule has 0 radical (unpaired) electrons. The van der Waals surface area contributed by atoms with E-state index in [9.17, 15) is 18.0 Å². The number of benzene rings is 2. The molecule has 0 spiro atoms. The Morgan fingerprint density at radius 1 is 0.933 bits per heavy atom. The van der Waals surface area contributed by atoms with E-state index < -0.39 is 9.84 Å². The largest absolute Gasteiger partial charge is 0.368 e. The molecule has 3 saturated heterocycles. The third-order valence-corrected chi connectivity index (χ3v) is 11.9. The van der Waals surface area contributed by atoms with Crippen LogP contribution in [0.25, 0.3) is 0 Å². The number of hydrogen-bond acceptors (Lipinski definition) is 10. The van der Waals surface area contributed by atoms with Crippen LogP contribution < -0.4 is 20.9 Å². The molecule has 4 aliphatic rings. The van der Waals surface area contributed by atoms with E-state index in [4.69, 9.17) is 0 Å². The van der Waals surface area contributed by atoms with Crippen LogP contribution in [0, 0.1) is 0 Å². The zero-order valence-electron chi connectivity index (χ0n) is 25.2. The molecule has 2 aromatic carbocycles. The molecule has 236 valence electrons. The smallest absolute Gasteiger partial charge is 0.234 e. The number of likely N-dealkylation sites (tertiary alicyclic amines) is 1. The van der Waals surface area contributed by atoms with E-state index in [0.29, 0.717) is 37.7 Å². The minimum atomic E-state index is -3.27. The number of sulfone groups is 1. The summed E-state index contributed by atoms with van der Waals surface area (Å²) in [4.78, 5) is 37.4. The van der Waals surface area contributed by atoms with Crippen molar-refractivity contribution < 1.29 is 18.0 Å². The summed E-state index contributed by atoms with van der Waals surface area (Å²) in [6.45, 7) is 5.07. The first kappa shape index (κ1) is 29.8. The molecule has 0 bridgehead atoms. The maximum Gasteiger partial charge on any atom is 0.234 e. The van der Waals surface area contributed by atoms with Crippen molar-refractivity contribution in [2.75, 3.05) is 42.9 Å². The Bertz CT molecular complexity index is 1670. The van der Waals surface area contributed by atoms with Crippen molar-refractivity contribution in [3.8, 4) is 0 Å². The summed E-state index contributed by atoms with van der Waals surface area (Å²) >= 11 is 0. The van der Waals surface area contributed by atoms with Crippen molar-refractivity contribution in [1.29, 1.82) is 0 Å².